The first-order chi connectivity index (χ1) is 12.4. The van der Waals surface area contributed by atoms with Gasteiger partial charge in [-0.25, -0.2) is 0 Å². The highest BCUT2D eigenvalue weighted by atomic mass is 32.2. The highest BCUT2D eigenvalue weighted by Crippen LogP contribution is 2.56. The molecule has 2 unspecified atom stereocenters. The van der Waals surface area contributed by atoms with Gasteiger partial charge in [-0.15, -0.1) is 11.8 Å². The molecule has 2 N–H and O–H groups in total. The van der Waals surface area contributed by atoms with Crippen molar-refractivity contribution >= 4 is 40.9 Å². The summed E-state index contributed by atoms with van der Waals surface area (Å²) < 4.78 is 0. The zero-order chi connectivity index (χ0) is 18.5. The van der Waals surface area contributed by atoms with Crippen LogP contribution < -0.4 is 10.2 Å². The third kappa shape index (κ3) is 2.31. The average Bonchev–Trinajstić information content (AvgIpc) is 3.04. The molecule has 1 saturated heterocycles. The number of carbonyl (C=O) groups is 3. The van der Waals surface area contributed by atoms with Crippen molar-refractivity contribution in [2.45, 2.75) is 23.5 Å². The Bertz CT molecular complexity index is 927. The van der Waals surface area contributed by atoms with Crippen LogP contribution >= 0.6 is 11.8 Å². The number of rotatable bonds is 3. The van der Waals surface area contributed by atoms with Crippen LogP contribution in [-0.4, -0.2) is 28.1 Å². The van der Waals surface area contributed by atoms with Gasteiger partial charge in [0.25, 0.3) is 5.91 Å². The maximum Gasteiger partial charge on any atom is 0.305 e. The molecule has 6 nitrogen and oxygen atoms in total. The molecule has 132 valence electrons. The number of carboxylic acids is 1. The number of nitrogens with zero attached hydrogens (tertiary/aromatic N) is 1. The molecule has 2 heterocycles. The number of amides is 2. The van der Waals surface area contributed by atoms with Crippen LogP contribution in [0.4, 0.5) is 11.4 Å². The summed E-state index contributed by atoms with van der Waals surface area (Å²) in [4.78, 5) is 37.5. The predicted molar refractivity (Wildman–Crippen MR) is 99.0 cm³/mol. The summed E-state index contributed by atoms with van der Waals surface area (Å²) in [5.74, 6) is -1.76. The van der Waals surface area contributed by atoms with Gasteiger partial charge in [-0.1, -0.05) is 35.9 Å². The lowest BCUT2D eigenvalue weighted by atomic mass is 10.0. The van der Waals surface area contributed by atoms with Crippen molar-refractivity contribution in [1.29, 1.82) is 0 Å². The number of para-hydroxylation sites is 1. The molecular formula is C19H16N2O4S. The molecule has 0 saturated carbocycles. The van der Waals surface area contributed by atoms with Crippen LogP contribution in [0, 0.1) is 6.92 Å². The molecule has 2 aromatic rings. The van der Waals surface area contributed by atoms with E-state index >= 15 is 0 Å². The normalized spacial score (nSPS) is 24.0. The maximum atomic E-state index is 13.1. The van der Waals surface area contributed by atoms with E-state index in [-0.39, 0.29) is 18.2 Å². The fourth-order valence-electron chi connectivity index (χ4n) is 3.45. The quantitative estimate of drug-likeness (QED) is 0.870. The standard InChI is InChI=1S/C19H16N2O4S/c1-11-6-8-12(9-7-11)21-17(24)15(10-16(22)23)26-19(21)13-4-2-3-5-14(13)20-18(19)25/h2-9,15H,10H2,1H3,(H,20,25)(H,22,23). The Morgan fingerprint density at radius 2 is 1.88 bits per heavy atom. The maximum absolute atomic E-state index is 13.1. The summed E-state index contributed by atoms with van der Waals surface area (Å²) in [6.07, 6.45) is -0.330. The summed E-state index contributed by atoms with van der Waals surface area (Å²) in [7, 11) is 0. The topological polar surface area (TPSA) is 86.7 Å². The van der Waals surface area contributed by atoms with Crippen LogP contribution in [0.3, 0.4) is 0 Å². The molecule has 0 aromatic heterocycles. The van der Waals surface area contributed by atoms with Crippen LogP contribution in [0.25, 0.3) is 0 Å². The van der Waals surface area contributed by atoms with E-state index in [0.29, 0.717) is 16.9 Å². The number of nitrogens with one attached hydrogen (secondary N) is 1. The number of anilines is 2. The number of fused-ring (bicyclic) bond motifs is 2. The molecule has 0 aliphatic carbocycles. The van der Waals surface area contributed by atoms with E-state index in [1.165, 1.54) is 4.90 Å². The summed E-state index contributed by atoms with van der Waals surface area (Å²) in [5, 5.41) is 11.2. The molecule has 2 aliphatic rings. The number of aryl methyl sites for hydroxylation is 1. The molecule has 4 rings (SSSR count). The lowest BCUT2D eigenvalue weighted by Crippen LogP contribution is -2.47. The van der Waals surface area contributed by atoms with E-state index in [2.05, 4.69) is 5.32 Å². The first kappa shape index (κ1) is 16.7. The lowest BCUT2D eigenvalue weighted by molar-refractivity contribution is -0.138. The van der Waals surface area contributed by atoms with Crippen LogP contribution in [0.2, 0.25) is 0 Å². The van der Waals surface area contributed by atoms with Crippen molar-refractivity contribution in [3.8, 4) is 0 Å². The van der Waals surface area contributed by atoms with Gasteiger partial charge in [0.1, 0.15) is 0 Å². The first-order valence-electron chi connectivity index (χ1n) is 8.15. The molecule has 2 aliphatic heterocycles. The molecular weight excluding hydrogens is 352 g/mol. The van der Waals surface area contributed by atoms with Crippen LogP contribution in [0.5, 0.6) is 0 Å². The molecule has 7 heteroatoms. The smallest absolute Gasteiger partial charge is 0.305 e. The summed E-state index contributed by atoms with van der Waals surface area (Å²) in [6, 6.07) is 14.5. The Labute approximate surface area is 154 Å². The second kappa shape index (κ2) is 5.88. The molecule has 0 bridgehead atoms. The van der Waals surface area contributed by atoms with Gasteiger partial charge in [-0.3, -0.25) is 19.3 Å². The Balaban J connectivity index is 1.90. The molecule has 1 spiro atoms. The summed E-state index contributed by atoms with van der Waals surface area (Å²) >= 11 is 1.10. The van der Waals surface area contributed by atoms with Crippen molar-refractivity contribution in [2.75, 3.05) is 10.2 Å². The molecule has 0 radical (unpaired) electrons. The van der Waals surface area contributed by atoms with E-state index in [9.17, 15) is 19.5 Å². The monoisotopic (exact) mass is 368 g/mol. The largest absolute Gasteiger partial charge is 0.481 e. The van der Waals surface area contributed by atoms with Gasteiger partial charge in [0, 0.05) is 16.9 Å². The number of aliphatic carboxylic acids is 1. The summed E-state index contributed by atoms with van der Waals surface area (Å²) in [6.45, 7) is 1.94. The minimum Gasteiger partial charge on any atom is -0.481 e. The van der Waals surface area contributed by atoms with Crippen LogP contribution in [0.15, 0.2) is 48.5 Å². The molecule has 1 fully saturated rings. The molecule has 2 aromatic carbocycles. The van der Waals surface area contributed by atoms with Crippen molar-refractivity contribution < 1.29 is 19.5 Å². The van der Waals surface area contributed by atoms with Gasteiger partial charge in [-0.05, 0) is 25.1 Å². The fraction of sp³-hybridized carbons (Fsp3) is 0.211. The Kier molecular flexibility index (Phi) is 3.77. The van der Waals surface area contributed by atoms with Crippen molar-refractivity contribution in [1.82, 2.24) is 0 Å². The van der Waals surface area contributed by atoms with Crippen molar-refractivity contribution in [3.63, 3.8) is 0 Å². The number of carboxylic acid groups (broad SMARTS) is 1. The zero-order valence-corrected chi connectivity index (χ0v) is 14.7. The van der Waals surface area contributed by atoms with Crippen LogP contribution in [0.1, 0.15) is 17.5 Å². The average molecular weight is 368 g/mol. The highest BCUT2D eigenvalue weighted by molar-refractivity contribution is 8.03. The van der Waals surface area contributed by atoms with Crippen molar-refractivity contribution in [2.24, 2.45) is 0 Å². The SMILES string of the molecule is Cc1ccc(N2C(=O)C(CC(=O)O)SC23C(=O)Nc2ccccc23)cc1. The highest BCUT2D eigenvalue weighted by Gasteiger charge is 2.62. The Hall–Kier alpha value is -2.80. The van der Waals surface area contributed by atoms with Gasteiger partial charge < -0.3 is 10.4 Å². The predicted octanol–water partition coefficient (Wildman–Crippen LogP) is 2.72. The van der Waals surface area contributed by atoms with E-state index in [4.69, 9.17) is 0 Å². The number of hydrogen-bond donors (Lipinski definition) is 2. The number of thioether (sulfide) groups is 1. The zero-order valence-electron chi connectivity index (χ0n) is 13.9. The number of hydrogen-bond acceptors (Lipinski definition) is 4. The third-order valence-corrected chi connectivity index (χ3v) is 6.21. The van der Waals surface area contributed by atoms with E-state index in [1.807, 2.05) is 31.2 Å². The van der Waals surface area contributed by atoms with Gasteiger partial charge in [0.15, 0.2) is 0 Å². The molecule has 2 amide bonds. The van der Waals surface area contributed by atoms with E-state index in [0.717, 1.165) is 17.3 Å². The minimum absolute atomic E-state index is 0.328. The van der Waals surface area contributed by atoms with Crippen molar-refractivity contribution in [3.05, 3.63) is 59.7 Å². The molecule has 2 atom stereocenters. The number of benzene rings is 2. The van der Waals surface area contributed by atoms with Crippen LogP contribution in [-0.2, 0) is 19.3 Å². The lowest BCUT2D eigenvalue weighted by Gasteiger charge is -2.32. The van der Waals surface area contributed by atoms with Gasteiger partial charge in [0.2, 0.25) is 10.8 Å². The van der Waals surface area contributed by atoms with E-state index in [1.54, 1.807) is 24.3 Å². The number of carbonyl (C=O) groups excluding carboxylic acids is 2. The molecule has 26 heavy (non-hydrogen) atoms. The van der Waals surface area contributed by atoms with Gasteiger partial charge >= 0.3 is 5.97 Å². The summed E-state index contributed by atoms with van der Waals surface area (Å²) in [5.41, 5.74) is 2.93. The third-order valence-electron chi connectivity index (χ3n) is 4.62. The second-order valence-corrected chi connectivity index (χ2v) is 7.75. The van der Waals surface area contributed by atoms with Gasteiger partial charge in [0.05, 0.1) is 11.7 Å². The minimum atomic E-state index is -1.29. The first-order valence-corrected chi connectivity index (χ1v) is 9.03. The fourth-order valence-corrected chi connectivity index (χ4v) is 5.06. The van der Waals surface area contributed by atoms with Gasteiger partial charge in [-0.2, -0.15) is 0 Å². The second-order valence-electron chi connectivity index (χ2n) is 6.36. The Morgan fingerprint density at radius 1 is 1.19 bits per heavy atom. The Morgan fingerprint density at radius 3 is 2.58 bits per heavy atom. The van der Waals surface area contributed by atoms with E-state index < -0.39 is 16.1 Å².